The highest BCUT2D eigenvalue weighted by molar-refractivity contribution is 7.98. The Bertz CT molecular complexity index is 981. The van der Waals surface area contributed by atoms with Gasteiger partial charge in [-0.15, -0.1) is 11.8 Å². The van der Waals surface area contributed by atoms with Gasteiger partial charge in [-0.2, -0.15) is 5.10 Å². The topological polar surface area (TPSA) is 102 Å². The third-order valence-electron chi connectivity index (χ3n) is 7.47. The van der Waals surface area contributed by atoms with Crippen LogP contribution in [0.3, 0.4) is 0 Å². The van der Waals surface area contributed by atoms with E-state index in [1.807, 2.05) is 44.0 Å². The first kappa shape index (κ1) is 30.3. The molecule has 0 amide bonds. The number of aliphatic hydroxyl groups excluding tert-OH is 2. The molecule has 7 nitrogen and oxygen atoms in total. The van der Waals surface area contributed by atoms with Crippen LogP contribution in [-0.2, 0) is 21.4 Å². The van der Waals surface area contributed by atoms with Crippen LogP contribution >= 0.6 is 11.8 Å². The largest absolute Gasteiger partial charge is 0.457 e. The summed E-state index contributed by atoms with van der Waals surface area (Å²) in [5.74, 6) is -1.51. The van der Waals surface area contributed by atoms with Gasteiger partial charge in [0.05, 0.1) is 34.8 Å². The molecule has 0 unspecified atom stereocenters. The van der Waals surface area contributed by atoms with Crippen molar-refractivity contribution in [1.82, 2.24) is 9.78 Å². The van der Waals surface area contributed by atoms with Gasteiger partial charge in [-0.1, -0.05) is 39.3 Å². The Kier molecular flexibility index (Phi) is 11.0. The first-order valence-corrected chi connectivity index (χ1v) is 14.0. The summed E-state index contributed by atoms with van der Waals surface area (Å²) in [5, 5.41) is 27.2. The number of aromatic nitrogens is 2. The van der Waals surface area contributed by atoms with E-state index in [4.69, 9.17) is 4.74 Å². The van der Waals surface area contributed by atoms with Crippen molar-refractivity contribution in [2.75, 3.05) is 6.26 Å². The molecule has 2 rings (SSSR count). The Morgan fingerprint density at radius 1 is 1.28 bits per heavy atom. The standard InChI is InChI=1S/C28H44N2O5S/c1-17-10-9-11-18(2)26(33)20(4)27(34)28(5,6)23(31)16-25(32)35-22(13-12-17)19(3)14-21-15-24(36-8)30(7)29-21/h12,14-15,18,20,22-23,26,31,33H,9-11,13,16H2,1-8H3/b17-12-,19-14+/t18-,20+,22-,23-,26-/m0/s1. The number of aliphatic hydroxyl groups is 2. The lowest BCUT2D eigenvalue weighted by atomic mass is 9.73. The average Bonchev–Trinajstić information content (AvgIpc) is 3.17. The summed E-state index contributed by atoms with van der Waals surface area (Å²) in [6.45, 7) is 10.9. The van der Waals surface area contributed by atoms with Gasteiger partial charge in [0.2, 0.25) is 0 Å². The Morgan fingerprint density at radius 2 is 1.94 bits per heavy atom. The molecule has 2 heterocycles. The molecule has 0 aromatic carbocycles. The van der Waals surface area contributed by atoms with Gasteiger partial charge in [-0.3, -0.25) is 14.3 Å². The summed E-state index contributed by atoms with van der Waals surface area (Å²) in [6.07, 6.45) is 6.23. The number of thioether (sulfide) groups is 1. The number of aryl methyl sites for hydroxylation is 1. The van der Waals surface area contributed by atoms with Gasteiger partial charge in [0, 0.05) is 19.4 Å². The minimum absolute atomic E-state index is 0.0509. The number of cyclic esters (lactones) is 1. The molecule has 0 saturated carbocycles. The van der Waals surface area contributed by atoms with Crippen molar-refractivity contribution in [3.05, 3.63) is 29.0 Å². The van der Waals surface area contributed by atoms with Crippen molar-refractivity contribution in [2.24, 2.45) is 24.3 Å². The number of ketones is 1. The maximum absolute atomic E-state index is 13.2. The van der Waals surface area contributed by atoms with Crippen LogP contribution in [0, 0.1) is 17.3 Å². The Labute approximate surface area is 220 Å². The monoisotopic (exact) mass is 520 g/mol. The van der Waals surface area contributed by atoms with Crippen molar-refractivity contribution in [3.63, 3.8) is 0 Å². The van der Waals surface area contributed by atoms with Gasteiger partial charge in [0.15, 0.2) is 0 Å². The Hall–Kier alpha value is -1.90. The summed E-state index contributed by atoms with van der Waals surface area (Å²) in [5.41, 5.74) is 1.63. The van der Waals surface area contributed by atoms with E-state index < -0.39 is 35.6 Å². The molecular formula is C28H44N2O5S. The third-order valence-corrected chi connectivity index (χ3v) is 8.27. The summed E-state index contributed by atoms with van der Waals surface area (Å²) in [6, 6.07) is 1.99. The fourth-order valence-corrected chi connectivity index (χ4v) is 5.23. The van der Waals surface area contributed by atoms with Crippen LogP contribution < -0.4 is 0 Å². The second kappa shape index (κ2) is 13.1. The maximum atomic E-state index is 13.2. The zero-order valence-electron chi connectivity index (χ0n) is 23.1. The Morgan fingerprint density at radius 3 is 2.56 bits per heavy atom. The molecule has 0 saturated heterocycles. The summed E-state index contributed by atoms with van der Waals surface area (Å²) < 4.78 is 7.66. The highest BCUT2D eigenvalue weighted by Gasteiger charge is 2.42. The fraction of sp³-hybridized carbons (Fsp3) is 0.679. The molecule has 1 aromatic heterocycles. The molecule has 0 fully saturated rings. The van der Waals surface area contributed by atoms with Crippen LogP contribution in [0.2, 0.25) is 0 Å². The minimum atomic E-state index is -1.22. The van der Waals surface area contributed by atoms with Crippen LogP contribution in [0.25, 0.3) is 6.08 Å². The molecular weight excluding hydrogens is 476 g/mol. The van der Waals surface area contributed by atoms with Gasteiger partial charge < -0.3 is 14.9 Å². The molecule has 2 N–H and O–H groups in total. The van der Waals surface area contributed by atoms with Crippen molar-refractivity contribution in [1.29, 1.82) is 0 Å². The fourth-order valence-electron chi connectivity index (χ4n) is 4.69. The van der Waals surface area contributed by atoms with Gasteiger partial charge in [-0.05, 0) is 63.0 Å². The number of Topliss-reactive ketones (excluding diaryl/α,β-unsaturated/α-hetero) is 1. The predicted molar refractivity (Wildman–Crippen MR) is 144 cm³/mol. The molecule has 1 aliphatic heterocycles. The molecule has 1 aromatic rings. The number of esters is 1. The molecule has 0 bridgehead atoms. The lowest BCUT2D eigenvalue weighted by molar-refractivity contribution is -0.154. The lowest BCUT2D eigenvalue weighted by Gasteiger charge is -2.34. The van der Waals surface area contributed by atoms with E-state index in [-0.39, 0.29) is 18.1 Å². The molecule has 0 aliphatic carbocycles. The van der Waals surface area contributed by atoms with Crippen molar-refractivity contribution < 1.29 is 24.5 Å². The number of carbonyl (C=O) groups excluding carboxylic acids is 2. The SMILES string of the molecule is CSc1cc(/C=C(\C)[C@@H]2C/C=C(/C)CCC[C@H](C)[C@H](O)[C@@H](C)C(=O)C(C)(C)[C@@H](O)CC(=O)O2)nn1C. The molecule has 36 heavy (non-hydrogen) atoms. The van der Waals surface area contributed by atoms with E-state index in [2.05, 4.69) is 18.1 Å². The molecule has 202 valence electrons. The highest BCUT2D eigenvalue weighted by atomic mass is 32.2. The lowest BCUT2D eigenvalue weighted by Crippen LogP contribution is -2.45. The number of carbonyl (C=O) groups is 2. The summed E-state index contributed by atoms with van der Waals surface area (Å²) in [7, 11) is 1.89. The minimum Gasteiger partial charge on any atom is -0.457 e. The van der Waals surface area contributed by atoms with Gasteiger partial charge in [0.25, 0.3) is 0 Å². The number of rotatable bonds is 3. The van der Waals surface area contributed by atoms with E-state index in [1.165, 1.54) is 5.57 Å². The molecule has 1 aliphatic rings. The third kappa shape index (κ3) is 7.80. The Balaban J connectivity index is 2.35. The van der Waals surface area contributed by atoms with Crippen LogP contribution in [0.4, 0.5) is 0 Å². The molecule has 0 spiro atoms. The zero-order chi connectivity index (χ0) is 27.2. The quantitative estimate of drug-likeness (QED) is 0.330. The van der Waals surface area contributed by atoms with E-state index in [9.17, 15) is 19.8 Å². The van der Waals surface area contributed by atoms with Gasteiger partial charge >= 0.3 is 5.97 Å². The van der Waals surface area contributed by atoms with Crippen molar-refractivity contribution in [3.8, 4) is 0 Å². The maximum Gasteiger partial charge on any atom is 0.309 e. The number of hydrogen-bond acceptors (Lipinski definition) is 7. The molecule has 8 heteroatoms. The number of allylic oxidation sites excluding steroid dienone is 1. The van der Waals surface area contributed by atoms with Crippen molar-refractivity contribution in [2.45, 2.75) is 97.0 Å². The molecule has 5 atom stereocenters. The summed E-state index contributed by atoms with van der Waals surface area (Å²) >= 11 is 1.61. The number of hydrogen-bond donors (Lipinski definition) is 2. The molecule has 0 radical (unpaired) electrons. The predicted octanol–water partition coefficient (Wildman–Crippen LogP) is 4.96. The first-order valence-electron chi connectivity index (χ1n) is 12.8. The summed E-state index contributed by atoms with van der Waals surface area (Å²) in [4.78, 5) is 26.1. The highest BCUT2D eigenvalue weighted by Crippen LogP contribution is 2.32. The van der Waals surface area contributed by atoms with E-state index >= 15 is 0 Å². The second-order valence-corrected chi connectivity index (χ2v) is 11.7. The van der Waals surface area contributed by atoms with Crippen molar-refractivity contribution >= 4 is 29.6 Å². The number of nitrogens with zero attached hydrogens (tertiary/aromatic N) is 2. The van der Waals surface area contributed by atoms with E-state index in [0.717, 1.165) is 35.6 Å². The van der Waals surface area contributed by atoms with Gasteiger partial charge in [-0.25, -0.2) is 0 Å². The average molecular weight is 521 g/mol. The second-order valence-electron chi connectivity index (χ2n) is 10.8. The van der Waals surface area contributed by atoms with Crippen LogP contribution in [-0.4, -0.2) is 56.3 Å². The van der Waals surface area contributed by atoms with Crippen LogP contribution in [0.5, 0.6) is 0 Å². The van der Waals surface area contributed by atoms with E-state index in [1.54, 1.807) is 32.5 Å². The first-order chi connectivity index (χ1) is 16.8. The normalized spacial score (nSPS) is 31.0. The smallest absolute Gasteiger partial charge is 0.309 e. The van der Waals surface area contributed by atoms with E-state index in [0.29, 0.717) is 6.42 Å². The zero-order valence-corrected chi connectivity index (χ0v) is 23.9. The van der Waals surface area contributed by atoms with Gasteiger partial charge in [0.1, 0.15) is 11.9 Å². The van der Waals surface area contributed by atoms with Crippen LogP contribution in [0.15, 0.2) is 28.3 Å². The van der Waals surface area contributed by atoms with Crippen LogP contribution in [0.1, 0.15) is 79.3 Å². The number of ether oxygens (including phenoxy) is 1.